The number of aryl methyl sites for hydroxylation is 1. The number of aliphatic hydroxyl groups is 1. The number of halogens is 1. The Balaban J connectivity index is 1.77. The van der Waals surface area contributed by atoms with Crippen molar-refractivity contribution >= 4 is 21.8 Å². The van der Waals surface area contributed by atoms with Gasteiger partial charge in [0.05, 0.1) is 17.6 Å². The third-order valence-electron chi connectivity index (χ3n) is 5.59. The van der Waals surface area contributed by atoms with E-state index in [0.717, 1.165) is 22.9 Å². The monoisotopic (exact) mass is 415 g/mol. The van der Waals surface area contributed by atoms with Crippen LogP contribution >= 0.6 is 15.9 Å². The summed E-state index contributed by atoms with van der Waals surface area (Å²) in [7, 11) is 0. The first-order valence-corrected chi connectivity index (χ1v) is 10.3. The normalized spacial score (nSPS) is 20.8. The van der Waals surface area contributed by atoms with Gasteiger partial charge >= 0.3 is 0 Å². The molecule has 2 aromatic rings. The maximum atomic E-state index is 13.1. The number of carbonyl (C=O) groups is 1. The minimum absolute atomic E-state index is 0.0193. The molecule has 26 heavy (non-hydrogen) atoms. The Morgan fingerprint density at radius 1 is 1.19 bits per heavy atom. The van der Waals surface area contributed by atoms with Crippen LogP contribution in [-0.4, -0.2) is 27.8 Å². The molecule has 0 spiro atoms. The van der Waals surface area contributed by atoms with Gasteiger partial charge in [-0.1, -0.05) is 70.5 Å². The van der Waals surface area contributed by atoms with E-state index >= 15 is 0 Å². The smallest absolute Gasteiger partial charge is 0.229 e. The molecular weight excluding hydrogens is 390 g/mol. The lowest BCUT2D eigenvalue weighted by molar-refractivity contribution is -0.140. The maximum Gasteiger partial charge on any atom is 0.229 e. The van der Waals surface area contributed by atoms with E-state index in [-0.39, 0.29) is 11.9 Å². The molecular formula is C22H26BrNO2. The maximum absolute atomic E-state index is 13.1. The molecule has 1 unspecified atom stereocenters. The average Bonchev–Trinajstić information content (AvgIpc) is 3.05. The summed E-state index contributed by atoms with van der Waals surface area (Å²) in [6.45, 7) is 4.50. The van der Waals surface area contributed by atoms with Crippen LogP contribution in [0.2, 0.25) is 0 Å². The van der Waals surface area contributed by atoms with E-state index in [1.54, 1.807) is 6.92 Å². The van der Waals surface area contributed by atoms with Crippen LogP contribution in [0.1, 0.15) is 43.0 Å². The molecule has 1 fully saturated rings. The zero-order valence-corrected chi connectivity index (χ0v) is 16.9. The summed E-state index contributed by atoms with van der Waals surface area (Å²) in [5.74, 6) is -0.369. The molecule has 138 valence electrons. The van der Waals surface area contributed by atoms with Gasteiger partial charge in [-0.3, -0.25) is 4.79 Å². The van der Waals surface area contributed by atoms with Gasteiger partial charge in [0.15, 0.2) is 0 Å². The largest absolute Gasteiger partial charge is 0.385 e. The molecule has 3 rings (SSSR count). The first kappa shape index (κ1) is 19.1. The Bertz CT molecular complexity index is 742. The summed E-state index contributed by atoms with van der Waals surface area (Å²) in [6.07, 6.45) is 1.62. The molecule has 3 atom stereocenters. The van der Waals surface area contributed by atoms with Crippen LogP contribution in [0, 0.1) is 5.92 Å². The minimum atomic E-state index is -1.16. The number of hydrogen-bond acceptors (Lipinski definition) is 2. The van der Waals surface area contributed by atoms with E-state index in [9.17, 15) is 9.90 Å². The second-order valence-corrected chi connectivity index (χ2v) is 8.04. The van der Waals surface area contributed by atoms with Gasteiger partial charge in [0.1, 0.15) is 0 Å². The van der Waals surface area contributed by atoms with Crippen molar-refractivity contribution in [1.29, 1.82) is 0 Å². The fourth-order valence-electron chi connectivity index (χ4n) is 3.84. The van der Waals surface area contributed by atoms with Crippen molar-refractivity contribution in [3.8, 4) is 0 Å². The number of rotatable bonds is 6. The van der Waals surface area contributed by atoms with Gasteiger partial charge in [-0.15, -0.1) is 0 Å². The van der Waals surface area contributed by atoms with Crippen molar-refractivity contribution in [2.45, 2.75) is 38.3 Å². The molecule has 0 bridgehead atoms. The third kappa shape index (κ3) is 3.72. The fourth-order valence-corrected chi connectivity index (χ4v) is 4.30. The molecule has 0 aromatic heterocycles. The SMILES string of the molecule is C[C@@H](c1ccccc1)N1CC[C@@H](C(C)(O)c2ccc(CCBr)cc2)C1=O. The molecule has 1 aliphatic rings. The standard InChI is InChI=1S/C22H26BrNO2/c1-16(18-6-4-3-5-7-18)24-15-13-20(21(24)25)22(2,26)19-10-8-17(9-11-19)12-14-23/h3-11,16,20,26H,12-15H2,1-2H3/t16-,20+,22?/m0/s1. The van der Waals surface area contributed by atoms with E-state index in [4.69, 9.17) is 0 Å². The minimum Gasteiger partial charge on any atom is -0.385 e. The van der Waals surface area contributed by atoms with Crippen molar-refractivity contribution < 1.29 is 9.90 Å². The molecule has 1 amide bonds. The number of alkyl halides is 1. The van der Waals surface area contributed by atoms with E-state index in [1.807, 2.05) is 59.5 Å². The van der Waals surface area contributed by atoms with Gasteiger partial charge < -0.3 is 10.0 Å². The van der Waals surface area contributed by atoms with Gasteiger partial charge in [0.25, 0.3) is 0 Å². The second-order valence-electron chi connectivity index (χ2n) is 7.24. The topological polar surface area (TPSA) is 40.5 Å². The molecule has 0 radical (unpaired) electrons. The van der Waals surface area contributed by atoms with Crippen molar-refractivity contribution in [2.75, 3.05) is 11.9 Å². The molecule has 4 heteroatoms. The molecule has 0 saturated carbocycles. The van der Waals surface area contributed by atoms with Crippen LogP contribution in [-0.2, 0) is 16.8 Å². The van der Waals surface area contributed by atoms with Crippen molar-refractivity contribution in [2.24, 2.45) is 5.92 Å². The Hall–Kier alpha value is -1.65. The predicted octanol–water partition coefficient (Wildman–Crippen LogP) is 4.44. The highest BCUT2D eigenvalue weighted by atomic mass is 79.9. The van der Waals surface area contributed by atoms with Gasteiger partial charge in [0.2, 0.25) is 5.91 Å². The molecule has 3 nitrogen and oxygen atoms in total. The Labute approximate surface area is 164 Å². The Morgan fingerprint density at radius 3 is 2.46 bits per heavy atom. The fraction of sp³-hybridized carbons (Fsp3) is 0.409. The average molecular weight is 416 g/mol. The number of benzene rings is 2. The summed E-state index contributed by atoms with van der Waals surface area (Å²) < 4.78 is 0. The lowest BCUT2D eigenvalue weighted by Crippen LogP contribution is -2.39. The molecule has 0 aliphatic carbocycles. The number of amides is 1. The summed E-state index contributed by atoms with van der Waals surface area (Å²) in [5, 5.41) is 12.1. The van der Waals surface area contributed by atoms with Crippen molar-refractivity contribution in [3.63, 3.8) is 0 Å². The lowest BCUT2D eigenvalue weighted by atomic mass is 9.81. The summed E-state index contributed by atoms with van der Waals surface area (Å²) in [5.41, 5.74) is 2.00. The third-order valence-corrected chi connectivity index (χ3v) is 5.99. The highest BCUT2D eigenvalue weighted by molar-refractivity contribution is 9.09. The van der Waals surface area contributed by atoms with Gasteiger partial charge in [-0.05, 0) is 43.4 Å². The van der Waals surface area contributed by atoms with Crippen LogP contribution in [0.25, 0.3) is 0 Å². The van der Waals surface area contributed by atoms with Gasteiger partial charge in [0, 0.05) is 11.9 Å². The summed E-state index contributed by atoms with van der Waals surface area (Å²) in [4.78, 5) is 15.0. The van der Waals surface area contributed by atoms with E-state index in [0.29, 0.717) is 13.0 Å². The Morgan fingerprint density at radius 2 is 1.85 bits per heavy atom. The van der Waals surface area contributed by atoms with Crippen molar-refractivity contribution in [3.05, 3.63) is 71.3 Å². The van der Waals surface area contributed by atoms with Crippen LogP contribution in [0.5, 0.6) is 0 Å². The van der Waals surface area contributed by atoms with E-state index in [2.05, 4.69) is 22.9 Å². The highest BCUT2D eigenvalue weighted by Crippen LogP contribution is 2.39. The first-order valence-electron chi connectivity index (χ1n) is 9.18. The summed E-state index contributed by atoms with van der Waals surface area (Å²) >= 11 is 3.45. The van der Waals surface area contributed by atoms with Crippen LogP contribution in [0.4, 0.5) is 0 Å². The molecule has 1 heterocycles. The van der Waals surface area contributed by atoms with Gasteiger partial charge in [-0.2, -0.15) is 0 Å². The molecule has 1 aliphatic heterocycles. The first-order chi connectivity index (χ1) is 12.4. The lowest BCUT2D eigenvalue weighted by Gasteiger charge is -2.31. The van der Waals surface area contributed by atoms with Crippen LogP contribution in [0.15, 0.2) is 54.6 Å². The van der Waals surface area contributed by atoms with Crippen molar-refractivity contribution in [1.82, 2.24) is 4.90 Å². The quantitative estimate of drug-likeness (QED) is 0.708. The zero-order chi connectivity index (χ0) is 18.7. The van der Waals surface area contributed by atoms with Crippen LogP contribution < -0.4 is 0 Å². The molecule has 2 aromatic carbocycles. The second kappa shape index (κ2) is 7.93. The predicted molar refractivity (Wildman–Crippen MR) is 108 cm³/mol. The van der Waals surface area contributed by atoms with E-state index < -0.39 is 11.5 Å². The van der Waals surface area contributed by atoms with Crippen LogP contribution in [0.3, 0.4) is 0 Å². The molecule has 1 saturated heterocycles. The number of hydrogen-bond donors (Lipinski definition) is 1. The zero-order valence-electron chi connectivity index (χ0n) is 15.4. The van der Waals surface area contributed by atoms with Gasteiger partial charge in [-0.25, -0.2) is 0 Å². The summed E-state index contributed by atoms with van der Waals surface area (Å²) in [6, 6.07) is 18.1. The number of likely N-dealkylation sites (tertiary alicyclic amines) is 1. The van der Waals surface area contributed by atoms with E-state index in [1.165, 1.54) is 5.56 Å². The highest BCUT2D eigenvalue weighted by Gasteiger charge is 2.45. The molecule has 1 N–H and O–H groups in total. The number of nitrogens with zero attached hydrogens (tertiary/aromatic N) is 1. The Kier molecular flexibility index (Phi) is 5.83. The number of carbonyl (C=O) groups excluding carboxylic acids is 1.